The highest BCUT2D eigenvalue weighted by Gasteiger charge is 2.17. The molecule has 1 fully saturated rings. The van der Waals surface area contributed by atoms with Crippen molar-refractivity contribution in [1.29, 1.82) is 0 Å². The molecule has 1 aromatic heterocycles. The maximum Gasteiger partial charge on any atom is 0.162 e. The summed E-state index contributed by atoms with van der Waals surface area (Å²) in [6.45, 7) is 11.5. The molecule has 4 rings (SSSR count). The predicted octanol–water partition coefficient (Wildman–Crippen LogP) is 4.22. The first-order chi connectivity index (χ1) is 17.5. The Morgan fingerprint density at radius 2 is 1.81 bits per heavy atom. The van der Waals surface area contributed by atoms with Crippen LogP contribution in [0.25, 0.3) is 16.6 Å². The molecule has 1 aliphatic rings. The Bertz CT molecular complexity index is 1200. The van der Waals surface area contributed by atoms with Gasteiger partial charge in [-0.25, -0.2) is 4.98 Å². The monoisotopic (exact) mass is 490 g/mol. The summed E-state index contributed by atoms with van der Waals surface area (Å²) in [6, 6.07) is 14.4. The lowest BCUT2D eigenvalue weighted by Gasteiger charge is -2.27. The first-order valence-corrected chi connectivity index (χ1v) is 12.9. The van der Waals surface area contributed by atoms with Gasteiger partial charge < -0.3 is 19.8 Å². The Morgan fingerprint density at radius 1 is 1.06 bits per heavy atom. The Morgan fingerprint density at radius 3 is 2.47 bits per heavy atom. The van der Waals surface area contributed by atoms with E-state index in [2.05, 4.69) is 34.6 Å². The number of imidazole rings is 1. The quantitative estimate of drug-likeness (QED) is 0.405. The van der Waals surface area contributed by atoms with E-state index in [9.17, 15) is 4.79 Å². The summed E-state index contributed by atoms with van der Waals surface area (Å²) < 4.78 is 13.6. The summed E-state index contributed by atoms with van der Waals surface area (Å²) >= 11 is 0. The van der Waals surface area contributed by atoms with E-state index >= 15 is 0 Å². The second kappa shape index (κ2) is 12.2. The largest absolute Gasteiger partial charge is 0.494 e. The fraction of sp³-hybridized carbons (Fsp3) is 0.448. The molecule has 36 heavy (non-hydrogen) atoms. The molecule has 0 unspecified atom stereocenters. The minimum Gasteiger partial charge on any atom is -0.494 e. The van der Waals surface area contributed by atoms with Crippen LogP contribution in [0.2, 0.25) is 0 Å². The number of Topliss-reactive ketones (excluding diaryl/α,β-unsaturated/α-hetero) is 1. The van der Waals surface area contributed by atoms with E-state index in [1.54, 1.807) is 13.8 Å². The molecule has 0 saturated carbocycles. The van der Waals surface area contributed by atoms with Gasteiger partial charge in [0.1, 0.15) is 11.6 Å². The summed E-state index contributed by atoms with van der Waals surface area (Å²) in [5.41, 5.74) is 11.2. The number of carbonyl (C=O) groups is 1. The highest BCUT2D eigenvalue weighted by molar-refractivity contribution is 6.20. The maximum absolute atomic E-state index is 12.2. The van der Waals surface area contributed by atoms with Gasteiger partial charge in [-0.15, -0.1) is 0 Å². The number of ether oxygens (including phenoxy) is 2. The van der Waals surface area contributed by atoms with Crippen LogP contribution in [0.5, 0.6) is 5.75 Å². The minimum atomic E-state index is -0.0345. The van der Waals surface area contributed by atoms with Gasteiger partial charge in [0.2, 0.25) is 0 Å². The van der Waals surface area contributed by atoms with Crippen LogP contribution < -0.4 is 10.5 Å². The number of hydrogen-bond acceptors (Lipinski definition) is 6. The fourth-order valence-electron chi connectivity index (χ4n) is 4.78. The van der Waals surface area contributed by atoms with Crippen molar-refractivity contribution in [3.05, 3.63) is 65.1 Å². The molecule has 0 amide bonds. The number of morpholine rings is 1. The smallest absolute Gasteiger partial charge is 0.162 e. The fourth-order valence-corrected chi connectivity index (χ4v) is 4.78. The van der Waals surface area contributed by atoms with Crippen LogP contribution in [0, 0.1) is 0 Å². The lowest BCUT2D eigenvalue weighted by molar-refractivity contribution is -0.111. The number of ketones is 1. The van der Waals surface area contributed by atoms with Gasteiger partial charge in [-0.05, 0) is 62.1 Å². The summed E-state index contributed by atoms with van der Waals surface area (Å²) in [6.07, 6.45) is 2.72. The molecule has 0 bridgehead atoms. The molecule has 1 aliphatic heterocycles. The van der Waals surface area contributed by atoms with Crippen molar-refractivity contribution in [3.63, 3.8) is 0 Å². The van der Waals surface area contributed by atoms with E-state index in [0.717, 1.165) is 93.4 Å². The lowest BCUT2D eigenvalue weighted by atomic mass is 10.0. The van der Waals surface area contributed by atoms with Gasteiger partial charge in [-0.3, -0.25) is 9.69 Å². The molecule has 2 aromatic carbocycles. The summed E-state index contributed by atoms with van der Waals surface area (Å²) in [5, 5.41) is 0. The van der Waals surface area contributed by atoms with Gasteiger partial charge >= 0.3 is 0 Å². The van der Waals surface area contributed by atoms with Crippen LogP contribution in [0.4, 0.5) is 0 Å². The number of fused-ring (bicyclic) bond motifs is 1. The molecule has 2 heterocycles. The number of rotatable bonds is 11. The molecule has 7 heteroatoms. The normalized spacial score (nSPS) is 15.2. The van der Waals surface area contributed by atoms with E-state index in [1.807, 2.05) is 24.3 Å². The zero-order valence-corrected chi connectivity index (χ0v) is 21.8. The van der Waals surface area contributed by atoms with E-state index in [1.165, 1.54) is 5.56 Å². The van der Waals surface area contributed by atoms with E-state index < -0.39 is 0 Å². The third kappa shape index (κ3) is 6.33. The average molecular weight is 491 g/mol. The van der Waals surface area contributed by atoms with Crippen molar-refractivity contribution >= 4 is 22.4 Å². The minimum absolute atomic E-state index is 0.0345. The Kier molecular flexibility index (Phi) is 8.78. The summed E-state index contributed by atoms with van der Waals surface area (Å²) in [5.74, 6) is 1.93. The van der Waals surface area contributed by atoms with Crippen LogP contribution in [0.15, 0.2) is 48.2 Å². The molecular formula is C29H38N4O3. The summed E-state index contributed by atoms with van der Waals surface area (Å²) in [7, 11) is 0. The Hall–Kier alpha value is -3.16. The highest BCUT2D eigenvalue weighted by Crippen LogP contribution is 2.25. The third-order valence-corrected chi connectivity index (χ3v) is 6.64. The zero-order chi connectivity index (χ0) is 25.5. The number of hydrogen-bond donors (Lipinski definition) is 1. The van der Waals surface area contributed by atoms with Crippen molar-refractivity contribution in [2.75, 3.05) is 39.5 Å². The Balaban J connectivity index is 1.59. The van der Waals surface area contributed by atoms with Gasteiger partial charge in [0.05, 0.1) is 30.9 Å². The first kappa shape index (κ1) is 25.9. The van der Waals surface area contributed by atoms with E-state index in [4.69, 9.17) is 20.2 Å². The van der Waals surface area contributed by atoms with Gasteiger partial charge in [0, 0.05) is 43.9 Å². The first-order valence-electron chi connectivity index (χ1n) is 12.9. The molecule has 0 atom stereocenters. The number of aryl methyl sites for hydroxylation is 2. The average Bonchev–Trinajstić information content (AvgIpc) is 3.22. The number of aromatic nitrogens is 2. The molecule has 1 saturated heterocycles. The van der Waals surface area contributed by atoms with Crippen molar-refractivity contribution < 1.29 is 14.3 Å². The van der Waals surface area contributed by atoms with E-state index in [-0.39, 0.29) is 5.78 Å². The lowest BCUT2D eigenvalue weighted by Crippen LogP contribution is -2.38. The number of nitrogens with two attached hydrogens (primary N) is 1. The molecule has 7 nitrogen and oxygen atoms in total. The molecule has 2 N–H and O–H groups in total. The number of allylic oxidation sites excluding steroid dienone is 2. The van der Waals surface area contributed by atoms with Crippen molar-refractivity contribution in [3.8, 4) is 5.75 Å². The Labute approximate surface area is 213 Å². The van der Waals surface area contributed by atoms with Crippen LogP contribution in [0.1, 0.15) is 44.1 Å². The number of carbonyl (C=O) groups excluding carboxylic acids is 1. The van der Waals surface area contributed by atoms with Crippen LogP contribution in [-0.2, 0) is 28.9 Å². The molecule has 0 aliphatic carbocycles. The summed E-state index contributed by atoms with van der Waals surface area (Å²) in [4.78, 5) is 19.7. The SMILES string of the molecule is CCCOc1ccc(CCc2nc3cc(C(C(C)=O)=C(C)N)ccc3n2CCN2CCOCC2)cc1. The van der Waals surface area contributed by atoms with Crippen molar-refractivity contribution in [2.24, 2.45) is 5.73 Å². The second-order valence-corrected chi connectivity index (χ2v) is 9.44. The predicted molar refractivity (Wildman–Crippen MR) is 144 cm³/mol. The van der Waals surface area contributed by atoms with Crippen molar-refractivity contribution in [2.45, 2.75) is 46.6 Å². The maximum atomic E-state index is 12.2. The second-order valence-electron chi connectivity index (χ2n) is 9.44. The van der Waals surface area contributed by atoms with Crippen LogP contribution >= 0.6 is 0 Å². The third-order valence-electron chi connectivity index (χ3n) is 6.64. The highest BCUT2D eigenvalue weighted by atomic mass is 16.5. The molecule has 3 aromatic rings. The van der Waals surface area contributed by atoms with E-state index in [0.29, 0.717) is 11.3 Å². The molecule has 192 valence electrons. The number of nitrogens with zero attached hydrogens (tertiary/aromatic N) is 3. The van der Waals surface area contributed by atoms with Crippen LogP contribution in [-0.4, -0.2) is 59.7 Å². The molecule has 0 spiro atoms. The van der Waals surface area contributed by atoms with Gasteiger partial charge in [-0.1, -0.05) is 25.1 Å². The van der Waals surface area contributed by atoms with Gasteiger partial charge in [-0.2, -0.15) is 0 Å². The van der Waals surface area contributed by atoms with Crippen LogP contribution in [0.3, 0.4) is 0 Å². The van der Waals surface area contributed by atoms with Crippen molar-refractivity contribution in [1.82, 2.24) is 14.5 Å². The zero-order valence-electron chi connectivity index (χ0n) is 21.8. The van der Waals surface area contributed by atoms with Gasteiger partial charge in [0.25, 0.3) is 0 Å². The number of benzene rings is 2. The van der Waals surface area contributed by atoms with Gasteiger partial charge in [0.15, 0.2) is 5.78 Å². The topological polar surface area (TPSA) is 82.6 Å². The molecule has 0 radical (unpaired) electrons. The molecular weight excluding hydrogens is 452 g/mol. The standard InChI is InChI=1S/C29H38N4O3/c1-4-17-36-25-9-5-23(6-10-25)7-12-28-31-26-20-24(29(21(2)30)22(3)34)8-11-27(26)33(28)14-13-32-15-18-35-19-16-32/h5-6,8-11,20H,4,7,12-19,30H2,1-3H3.